The molecule has 0 aliphatic carbocycles. The highest BCUT2D eigenvalue weighted by Crippen LogP contribution is 2.26. The molecule has 0 spiro atoms. The molecule has 1 aromatic heterocycles. The highest BCUT2D eigenvalue weighted by molar-refractivity contribution is 6.04. The van der Waals surface area contributed by atoms with E-state index in [2.05, 4.69) is 10.3 Å². The summed E-state index contributed by atoms with van der Waals surface area (Å²) in [4.78, 5) is 27.9. The summed E-state index contributed by atoms with van der Waals surface area (Å²) in [6.45, 7) is 4.21. The molecular weight excluding hydrogens is 464 g/mol. The van der Waals surface area contributed by atoms with Crippen molar-refractivity contribution in [2.45, 2.75) is 39.9 Å². The van der Waals surface area contributed by atoms with Crippen molar-refractivity contribution < 1.29 is 34.4 Å². The molecule has 0 aliphatic rings. The molecule has 0 saturated heterocycles. The Balaban J connectivity index is 0.00000324. The summed E-state index contributed by atoms with van der Waals surface area (Å²) in [6.07, 6.45) is 1.51. The molecule has 0 aliphatic heterocycles. The van der Waals surface area contributed by atoms with Gasteiger partial charge in [0.15, 0.2) is 0 Å². The zero-order valence-corrected chi connectivity index (χ0v) is 19.9. The molecule has 2 aromatic carbocycles. The summed E-state index contributed by atoms with van der Waals surface area (Å²) < 4.78 is 17.2. The van der Waals surface area contributed by atoms with Crippen LogP contribution in [0.1, 0.15) is 47.6 Å². The van der Waals surface area contributed by atoms with E-state index < -0.39 is 11.9 Å². The standard InChI is InChI=1S/C26H28N2O6.CH4.H2O/c1-17(11-19-7-5-4-6-8-19)33-22-12-21(13-23(14-22)34-18(2)16-32-3)25(29)28-24-10-9-20(15-27-24)26(30)31;;/h4-10,12-15,17-18H,11,16H2,1-3H3,(H,30,31)(H,27,28,29);1H4;1H2/t17-,18-;;/m0../s1. The maximum absolute atomic E-state index is 12.9. The third-order valence-corrected chi connectivity index (χ3v) is 4.84. The van der Waals surface area contributed by atoms with Crippen LogP contribution >= 0.6 is 0 Å². The first-order valence-electron chi connectivity index (χ1n) is 10.9. The number of nitrogens with one attached hydrogen (secondary N) is 1. The van der Waals surface area contributed by atoms with Crippen LogP contribution in [0, 0.1) is 0 Å². The molecule has 0 bridgehead atoms. The second-order valence-electron chi connectivity index (χ2n) is 7.89. The van der Waals surface area contributed by atoms with Crippen molar-refractivity contribution >= 4 is 17.7 Å². The van der Waals surface area contributed by atoms with Gasteiger partial charge in [-0.05, 0) is 43.7 Å². The van der Waals surface area contributed by atoms with Crippen molar-refractivity contribution in [3.05, 3.63) is 83.6 Å². The van der Waals surface area contributed by atoms with Crippen LogP contribution in [0.5, 0.6) is 11.5 Å². The quantitative estimate of drug-likeness (QED) is 0.402. The van der Waals surface area contributed by atoms with E-state index in [4.69, 9.17) is 19.3 Å². The third-order valence-electron chi connectivity index (χ3n) is 4.84. The number of carbonyl (C=O) groups is 2. The number of nitrogens with zero attached hydrogens (tertiary/aromatic N) is 1. The Hall–Kier alpha value is -3.95. The fourth-order valence-corrected chi connectivity index (χ4v) is 3.34. The SMILES string of the molecule is C.COC[C@H](C)Oc1cc(O[C@@H](C)Cc2ccccc2)cc(C(=O)Nc2ccc(C(=O)O)cn2)c1.O. The summed E-state index contributed by atoms with van der Waals surface area (Å²) in [5, 5.41) is 11.7. The molecule has 0 saturated carbocycles. The highest BCUT2D eigenvalue weighted by Gasteiger charge is 2.15. The van der Waals surface area contributed by atoms with Gasteiger partial charge in [0.05, 0.1) is 18.3 Å². The number of rotatable bonds is 11. The van der Waals surface area contributed by atoms with Gasteiger partial charge in [-0.1, -0.05) is 37.8 Å². The zero-order chi connectivity index (χ0) is 24.5. The van der Waals surface area contributed by atoms with E-state index in [-0.39, 0.29) is 36.5 Å². The molecule has 3 aromatic rings. The van der Waals surface area contributed by atoms with E-state index in [1.165, 1.54) is 18.3 Å². The van der Waals surface area contributed by atoms with Crippen molar-refractivity contribution in [2.24, 2.45) is 0 Å². The van der Waals surface area contributed by atoms with Gasteiger partial charge >= 0.3 is 5.97 Å². The number of aromatic carboxylic acids is 1. The Kier molecular flexibility index (Phi) is 12.1. The van der Waals surface area contributed by atoms with E-state index in [0.717, 1.165) is 5.56 Å². The lowest BCUT2D eigenvalue weighted by molar-refractivity contribution is 0.0696. The van der Waals surface area contributed by atoms with Crippen LogP contribution in [0.15, 0.2) is 66.9 Å². The van der Waals surface area contributed by atoms with Crippen LogP contribution in [0.4, 0.5) is 5.82 Å². The van der Waals surface area contributed by atoms with Gasteiger partial charge in [-0.2, -0.15) is 0 Å². The van der Waals surface area contributed by atoms with Crippen molar-refractivity contribution in [1.29, 1.82) is 0 Å². The molecular formula is C27H34N2O7. The van der Waals surface area contributed by atoms with E-state index in [9.17, 15) is 9.59 Å². The van der Waals surface area contributed by atoms with Crippen LogP contribution in [-0.2, 0) is 11.2 Å². The smallest absolute Gasteiger partial charge is 0.337 e. The lowest BCUT2D eigenvalue weighted by atomic mass is 10.1. The first-order valence-corrected chi connectivity index (χ1v) is 10.9. The Morgan fingerprint density at radius 2 is 1.58 bits per heavy atom. The Labute approximate surface area is 211 Å². The zero-order valence-electron chi connectivity index (χ0n) is 19.9. The maximum Gasteiger partial charge on any atom is 0.337 e. The molecule has 4 N–H and O–H groups in total. The lowest BCUT2D eigenvalue weighted by Crippen LogP contribution is -2.20. The minimum absolute atomic E-state index is 0. The number of amides is 1. The number of ether oxygens (including phenoxy) is 3. The summed E-state index contributed by atoms with van der Waals surface area (Å²) in [5.41, 5.74) is 1.49. The molecule has 2 atom stereocenters. The van der Waals surface area contributed by atoms with E-state index in [1.807, 2.05) is 44.2 Å². The number of methoxy groups -OCH3 is 1. The van der Waals surface area contributed by atoms with E-state index in [0.29, 0.717) is 30.1 Å². The fraction of sp³-hybridized carbons (Fsp3) is 0.296. The molecule has 194 valence electrons. The molecule has 1 heterocycles. The van der Waals surface area contributed by atoms with Crippen molar-refractivity contribution in [2.75, 3.05) is 19.0 Å². The Morgan fingerprint density at radius 3 is 2.14 bits per heavy atom. The lowest BCUT2D eigenvalue weighted by Gasteiger charge is -2.19. The molecule has 36 heavy (non-hydrogen) atoms. The molecule has 0 radical (unpaired) electrons. The minimum atomic E-state index is -1.09. The second-order valence-corrected chi connectivity index (χ2v) is 7.89. The number of pyridine rings is 1. The second kappa shape index (κ2) is 14.4. The number of carbonyl (C=O) groups excluding carboxylic acids is 1. The summed E-state index contributed by atoms with van der Waals surface area (Å²) in [6, 6.07) is 17.8. The average molecular weight is 499 g/mol. The first kappa shape index (κ1) is 30.1. The van der Waals surface area contributed by atoms with Gasteiger partial charge in [0.1, 0.15) is 23.4 Å². The van der Waals surface area contributed by atoms with Gasteiger partial charge in [-0.3, -0.25) is 4.79 Å². The van der Waals surface area contributed by atoms with Crippen molar-refractivity contribution in [3.8, 4) is 11.5 Å². The van der Waals surface area contributed by atoms with Crippen LogP contribution in [-0.4, -0.2) is 53.4 Å². The summed E-state index contributed by atoms with van der Waals surface area (Å²) in [7, 11) is 1.59. The predicted molar refractivity (Wildman–Crippen MR) is 138 cm³/mol. The van der Waals surface area contributed by atoms with Gasteiger partial charge in [0.25, 0.3) is 5.91 Å². The molecule has 0 unspecified atom stereocenters. The maximum atomic E-state index is 12.9. The summed E-state index contributed by atoms with van der Waals surface area (Å²) in [5.74, 6) is -0.333. The number of benzene rings is 2. The number of carboxylic acid groups (broad SMARTS) is 1. The Morgan fingerprint density at radius 1 is 0.944 bits per heavy atom. The number of carboxylic acids is 1. The fourth-order valence-electron chi connectivity index (χ4n) is 3.34. The van der Waals surface area contributed by atoms with Crippen molar-refractivity contribution in [3.63, 3.8) is 0 Å². The largest absolute Gasteiger partial charge is 0.490 e. The van der Waals surface area contributed by atoms with Crippen LogP contribution in [0.3, 0.4) is 0 Å². The normalized spacial score (nSPS) is 11.8. The van der Waals surface area contributed by atoms with Gasteiger partial charge < -0.3 is 30.1 Å². The monoisotopic (exact) mass is 498 g/mol. The van der Waals surface area contributed by atoms with Gasteiger partial charge in [-0.15, -0.1) is 0 Å². The number of aromatic nitrogens is 1. The Bertz CT molecular complexity index is 1100. The van der Waals surface area contributed by atoms with E-state index >= 15 is 0 Å². The number of hydrogen-bond acceptors (Lipinski definition) is 6. The van der Waals surface area contributed by atoms with Gasteiger partial charge in [-0.25, -0.2) is 9.78 Å². The molecule has 3 rings (SSSR count). The topological polar surface area (TPSA) is 138 Å². The third kappa shape index (κ3) is 9.01. The molecule has 0 fully saturated rings. The van der Waals surface area contributed by atoms with Crippen molar-refractivity contribution in [1.82, 2.24) is 4.98 Å². The summed E-state index contributed by atoms with van der Waals surface area (Å²) >= 11 is 0. The number of anilines is 1. The van der Waals surface area contributed by atoms with Crippen LogP contribution in [0.25, 0.3) is 0 Å². The van der Waals surface area contributed by atoms with Crippen LogP contribution < -0.4 is 14.8 Å². The molecule has 1 amide bonds. The van der Waals surface area contributed by atoms with E-state index in [1.54, 1.807) is 25.3 Å². The average Bonchev–Trinajstić information content (AvgIpc) is 2.80. The molecule has 9 nitrogen and oxygen atoms in total. The van der Waals surface area contributed by atoms with Crippen LogP contribution in [0.2, 0.25) is 0 Å². The predicted octanol–water partition coefficient (Wildman–Crippen LogP) is 4.27. The van der Waals surface area contributed by atoms with Gasteiger partial charge in [0, 0.05) is 31.4 Å². The highest BCUT2D eigenvalue weighted by atomic mass is 16.5. The number of hydrogen-bond donors (Lipinski definition) is 2. The minimum Gasteiger partial charge on any atom is -0.490 e. The molecule has 9 heteroatoms. The van der Waals surface area contributed by atoms with Gasteiger partial charge in [0.2, 0.25) is 0 Å². The first-order chi connectivity index (χ1) is 16.3.